The van der Waals surface area contributed by atoms with Crippen LogP contribution >= 0.6 is 0 Å². The van der Waals surface area contributed by atoms with Gasteiger partial charge < -0.3 is 19.9 Å². The van der Waals surface area contributed by atoms with Gasteiger partial charge in [-0.1, -0.05) is 30.3 Å². The highest BCUT2D eigenvalue weighted by molar-refractivity contribution is 5.80. The number of carboxylic acids is 1. The third kappa shape index (κ3) is 7.81. The second kappa shape index (κ2) is 10.9. The van der Waals surface area contributed by atoms with Crippen LogP contribution in [0, 0.1) is 6.92 Å². The summed E-state index contributed by atoms with van der Waals surface area (Å²) in [6.45, 7) is 3.29. The standard InChI is InChI=1S/C21H25NO5/c1-16-5-4-7-18(15-16)26-13-14-27-19-8-3-2-6-17(19)11-12-22-20(23)9-10-21(24)25/h2-8,15H,9-14H2,1H3,(H,22,23)(H,24,25). The van der Waals surface area contributed by atoms with Crippen LogP contribution in [0.1, 0.15) is 24.0 Å². The predicted octanol–water partition coefficient (Wildman–Crippen LogP) is 2.98. The van der Waals surface area contributed by atoms with Gasteiger partial charge in [-0.3, -0.25) is 9.59 Å². The van der Waals surface area contributed by atoms with Crippen molar-refractivity contribution in [1.82, 2.24) is 5.32 Å². The largest absolute Gasteiger partial charge is 0.490 e. The van der Waals surface area contributed by atoms with E-state index < -0.39 is 5.97 Å². The molecule has 0 aromatic heterocycles. The lowest BCUT2D eigenvalue weighted by atomic mass is 10.1. The first kappa shape index (κ1) is 20.3. The van der Waals surface area contributed by atoms with E-state index in [0.717, 1.165) is 22.6 Å². The Bertz CT molecular complexity index is 760. The number of aryl methyl sites for hydroxylation is 1. The minimum atomic E-state index is -0.975. The van der Waals surface area contributed by atoms with Crippen molar-refractivity contribution in [2.75, 3.05) is 19.8 Å². The minimum absolute atomic E-state index is 0.0101. The lowest BCUT2D eigenvalue weighted by molar-refractivity contribution is -0.138. The molecular weight excluding hydrogens is 346 g/mol. The van der Waals surface area contributed by atoms with Crippen molar-refractivity contribution in [2.45, 2.75) is 26.2 Å². The molecule has 6 nitrogen and oxygen atoms in total. The van der Waals surface area contributed by atoms with Gasteiger partial charge in [0.1, 0.15) is 24.7 Å². The summed E-state index contributed by atoms with van der Waals surface area (Å²) in [5.41, 5.74) is 2.12. The maximum absolute atomic E-state index is 11.6. The highest BCUT2D eigenvalue weighted by Gasteiger charge is 2.07. The lowest BCUT2D eigenvalue weighted by Gasteiger charge is -2.13. The molecular formula is C21H25NO5. The summed E-state index contributed by atoms with van der Waals surface area (Å²) in [6.07, 6.45) is 0.434. The number of para-hydroxylation sites is 1. The van der Waals surface area contributed by atoms with Crippen molar-refractivity contribution >= 4 is 11.9 Å². The Balaban J connectivity index is 1.74. The van der Waals surface area contributed by atoms with Crippen LogP contribution in [0.2, 0.25) is 0 Å². The van der Waals surface area contributed by atoms with Gasteiger partial charge in [-0.25, -0.2) is 0 Å². The minimum Gasteiger partial charge on any atom is -0.490 e. The molecule has 2 N–H and O–H groups in total. The molecule has 0 radical (unpaired) electrons. The van der Waals surface area contributed by atoms with Crippen molar-refractivity contribution in [1.29, 1.82) is 0 Å². The quantitative estimate of drug-likeness (QED) is 0.593. The summed E-state index contributed by atoms with van der Waals surface area (Å²) < 4.78 is 11.5. The van der Waals surface area contributed by atoms with Crippen molar-refractivity contribution in [3.05, 3.63) is 59.7 Å². The molecule has 0 saturated carbocycles. The predicted molar refractivity (Wildman–Crippen MR) is 102 cm³/mol. The topological polar surface area (TPSA) is 84.9 Å². The normalized spacial score (nSPS) is 10.3. The van der Waals surface area contributed by atoms with Crippen LogP contribution in [0.15, 0.2) is 48.5 Å². The zero-order valence-electron chi connectivity index (χ0n) is 15.4. The molecule has 2 aromatic rings. The highest BCUT2D eigenvalue weighted by atomic mass is 16.5. The Morgan fingerprint density at radius 3 is 2.56 bits per heavy atom. The number of amides is 1. The van der Waals surface area contributed by atoms with E-state index in [2.05, 4.69) is 5.32 Å². The molecule has 2 aromatic carbocycles. The fourth-order valence-electron chi connectivity index (χ4n) is 2.51. The third-order valence-corrected chi connectivity index (χ3v) is 3.85. The summed E-state index contributed by atoms with van der Waals surface area (Å²) in [5, 5.41) is 11.3. The molecule has 2 rings (SSSR count). The van der Waals surface area contributed by atoms with Crippen molar-refractivity contribution < 1.29 is 24.2 Å². The first-order valence-electron chi connectivity index (χ1n) is 8.93. The summed E-state index contributed by atoms with van der Waals surface area (Å²) >= 11 is 0. The Morgan fingerprint density at radius 2 is 1.78 bits per heavy atom. The molecule has 0 fully saturated rings. The van der Waals surface area contributed by atoms with Gasteiger partial charge >= 0.3 is 5.97 Å². The van der Waals surface area contributed by atoms with Crippen LogP contribution in [0.3, 0.4) is 0 Å². The summed E-state index contributed by atoms with van der Waals surface area (Å²) in [5.74, 6) is 0.334. The Kier molecular flexibility index (Phi) is 8.16. The van der Waals surface area contributed by atoms with Crippen LogP contribution in [0.25, 0.3) is 0 Å². The van der Waals surface area contributed by atoms with Gasteiger partial charge in [-0.05, 0) is 42.7 Å². The number of ether oxygens (including phenoxy) is 2. The van der Waals surface area contributed by atoms with Crippen molar-refractivity contribution in [2.24, 2.45) is 0 Å². The van der Waals surface area contributed by atoms with E-state index in [4.69, 9.17) is 14.6 Å². The molecule has 0 bridgehead atoms. The van der Waals surface area contributed by atoms with Gasteiger partial charge in [0.25, 0.3) is 0 Å². The summed E-state index contributed by atoms with van der Waals surface area (Å²) in [7, 11) is 0. The van der Waals surface area contributed by atoms with Gasteiger partial charge in [0.15, 0.2) is 0 Å². The molecule has 0 heterocycles. The number of benzene rings is 2. The van der Waals surface area contributed by atoms with E-state index in [1.165, 1.54) is 0 Å². The van der Waals surface area contributed by atoms with Crippen LogP contribution < -0.4 is 14.8 Å². The second-order valence-electron chi connectivity index (χ2n) is 6.11. The zero-order valence-corrected chi connectivity index (χ0v) is 15.4. The molecule has 144 valence electrons. The average molecular weight is 371 g/mol. The van der Waals surface area contributed by atoms with Gasteiger partial charge in [-0.15, -0.1) is 0 Å². The van der Waals surface area contributed by atoms with E-state index in [1.54, 1.807) is 0 Å². The number of carboxylic acid groups (broad SMARTS) is 1. The lowest BCUT2D eigenvalue weighted by Crippen LogP contribution is -2.26. The van der Waals surface area contributed by atoms with Gasteiger partial charge in [-0.2, -0.15) is 0 Å². The van der Waals surface area contributed by atoms with E-state index in [-0.39, 0.29) is 18.7 Å². The zero-order chi connectivity index (χ0) is 19.5. The average Bonchev–Trinajstić information content (AvgIpc) is 2.65. The maximum Gasteiger partial charge on any atom is 0.303 e. The molecule has 0 atom stereocenters. The second-order valence-corrected chi connectivity index (χ2v) is 6.11. The molecule has 0 aliphatic rings. The van der Waals surface area contributed by atoms with Gasteiger partial charge in [0, 0.05) is 13.0 Å². The molecule has 0 unspecified atom stereocenters. The first-order valence-corrected chi connectivity index (χ1v) is 8.93. The number of carbonyl (C=O) groups is 2. The van der Waals surface area contributed by atoms with E-state index in [1.807, 2.05) is 55.5 Å². The number of hydrogen-bond acceptors (Lipinski definition) is 4. The van der Waals surface area contributed by atoms with Crippen LogP contribution in [0.4, 0.5) is 0 Å². The Hall–Kier alpha value is -3.02. The first-order chi connectivity index (χ1) is 13.0. The van der Waals surface area contributed by atoms with Gasteiger partial charge in [0.2, 0.25) is 5.91 Å². The number of aliphatic carboxylic acids is 1. The van der Waals surface area contributed by atoms with Gasteiger partial charge in [0.05, 0.1) is 6.42 Å². The Morgan fingerprint density at radius 1 is 1.00 bits per heavy atom. The van der Waals surface area contributed by atoms with E-state index >= 15 is 0 Å². The van der Waals surface area contributed by atoms with Crippen LogP contribution in [-0.2, 0) is 16.0 Å². The summed E-state index contributed by atoms with van der Waals surface area (Å²) in [4.78, 5) is 22.0. The number of nitrogens with one attached hydrogen (secondary N) is 1. The smallest absolute Gasteiger partial charge is 0.303 e. The molecule has 0 saturated heterocycles. The molecule has 6 heteroatoms. The van der Waals surface area contributed by atoms with Crippen LogP contribution in [0.5, 0.6) is 11.5 Å². The van der Waals surface area contributed by atoms with Crippen molar-refractivity contribution in [3.8, 4) is 11.5 Å². The number of carbonyl (C=O) groups excluding carboxylic acids is 1. The SMILES string of the molecule is Cc1cccc(OCCOc2ccccc2CCNC(=O)CCC(=O)O)c1. The molecule has 27 heavy (non-hydrogen) atoms. The maximum atomic E-state index is 11.6. The highest BCUT2D eigenvalue weighted by Crippen LogP contribution is 2.18. The molecule has 0 aliphatic heterocycles. The number of hydrogen-bond donors (Lipinski definition) is 2. The third-order valence-electron chi connectivity index (χ3n) is 3.85. The van der Waals surface area contributed by atoms with Crippen molar-refractivity contribution in [3.63, 3.8) is 0 Å². The van der Waals surface area contributed by atoms with Crippen LogP contribution in [-0.4, -0.2) is 36.7 Å². The molecule has 1 amide bonds. The fourth-order valence-corrected chi connectivity index (χ4v) is 2.51. The summed E-state index contributed by atoms with van der Waals surface area (Å²) in [6, 6.07) is 15.5. The fraction of sp³-hybridized carbons (Fsp3) is 0.333. The monoisotopic (exact) mass is 371 g/mol. The molecule has 0 aliphatic carbocycles. The van der Waals surface area contributed by atoms with E-state index in [9.17, 15) is 9.59 Å². The number of rotatable bonds is 11. The molecule has 0 spiro atoms. The Labute approximate surface area is 159 Å². The van der Waals surface area contributed by atoms with E-state index in [0.29, 0.717) is 26.2 Å².